The van der Waals surface area contributed by atoms with E-state index >= 15 is 0 Å². The normalized spacial score (nSPS) is 11.7. The van der Waals surface area contributed by atoms with Gasteiger partial charge in [-0.2, -0.15) is 5.26 Å². The molecule has 0 radical (unpaired) electrons. The van der Waals surface area contributed by atoms with Crippen LogP contribution in [0.5, 0.6) is 5.75 Å². The molecule has 0 heterocycles. The molecule has 0 saturated carbocycles. The van der Waals surface area contributed by atoms with Crippen LogP contribution >= 0.6 is 0 Å². The summed E-state index contributed by atoms with van der Waals surface area (Å²) in [5.74, 6) is 1.39. The van der Waals surface area contributed by atoms with E-state index in [-0.39, 0.29) is 0 Å². The Hall–Kier alpha value is -2.27. The second-order valence-electron chi connectivity index (χ2n) is 5.02. The zero-order valence-corrected chi connectivity index (χ0v) is 12.0. The lowest BCUT2D eigenvalue weighted by atomic mass is 9.93. The third-order valence-corrected chi connectivity index (χ3v) is 3.63. The fraction of sp³-hybridized carbons (Fsp3) is 0.278. The summed E-state index contributed by atoms with van der Waals surface area (Å²) in [5.41, 5.74) is 3.33. The lowest BCUT2D eigenvalue weighted by Gasteiger charge is -2.12. The van der Waals surface area contributed by atoms with Crippen LogP contribution < -0.4 is 4.74 Å². The number of hydrogen-bond acceptors (Lipinski definition) is 2. The summed E-state index contributed by atoms with van der Waals surface area (Å²) in [6.07, 6.45) is 2.14. The monoisotopic (exact) mass is 265 g/mol. The molecule has 0 aliphatic carbocycles. The second-order valence-corrected chi connectivity index (χ2v) is 5.02. The number of rotatable bonds is 5. The molecule has 1 atom stereocenters. The predicted octanol–water partition coefficient (Wildman–Crippen LogP) is 4.30. The standard InChI is InChI=1S/C18H19NO/c1-14(17-9-5-16(13-19)6-10-17)3-4-15-7-11-18(20-2)12-8-15/h5-12,14H,3-4H2,1-2H3. The highest BCUT2D eigenvalue weighted by Crippen LogP contribution is 2.22. The molecule has 102 valence electrons. The molecule has 2 rings (SSSR count). The average Bonchev–Trinajstić information content (AvgIpc) is 2.53. The first-order chi connectivity index (χ1) is 9.72. The highest BCUT2D eigenvalue weighted by atomic mass is 16.5. The van der Waals surface area contributed by atoms with Crippen molar-refractivity contribution in [1.29, 1.82) is 5.26 Å². The van der Waals surface area contributed by atoms with Gasteiger partial charge in [0.05, 0.1) is 18.7 Å². The van der Waals surface area contributed by atoms with Crippen LogP contribution in [0.25, 0.3) is 0 Å². The average molecular weight is 265 g/mol. The van der Waals surface area contributed by atoms with Crippen molar-refractivity contribution in [1.82, 2.24) is 0 Å². The molecule has 1 unspecified atom stereocenters. The first-order valence-electron chi connectivity index (χ1n) is 6.86. The smallest absolute Gasteiger partial charge is 0.118 e. The van der Waals surface area contributed by atoms with Gasteiger partial charge >= 0.3 is 0 Å². The molecule has 0 aromatic heterocycles. The molecule has 2 heteroatoms. The van der Waals surface area contributed by atoms with E-state index in [1.807, 2.05) is 24.3 Å². The van der Waals surface area contributed by atoms with E-state index in [1.54, 1.807) is 7.11 Å². The lowest BCUT2D eigenvalue weighted by molar-refractivity contribution is 0.414. The fourth-order valence-corrected chi connectivity index (χ4v) is 2.23. The SMILES string of the molecule is COc1ccc(CCC(C)c2ccc(C#N)cc2)cc1. The Morgan fingerprint density at radius 2 is 1.70 bits per heavy atom. The van der Waals surface area contributed by atoms with Gasteiger partial charge in [-0.15, -0.1) is 0 Å². The molecular weight excluding hydrogens is 246 g/mol. The molecule has 2 aromatic rings. The van der Waals surface area contributed by atoms with E-state index in [0.717, 1.165) is 24.2 Å². The van der Waals surface area contributed by atoms with E-state index < -0.39 is 0 Å². The van der Waals surface area contributed by atoms with E-state index in [1.165, 1.54) is 11.1 Å². The number of methoxy groups -OCH3 is 1. The van der Waals surface area contributed by atoms with Crippen molar-refractivity contribution in [2.45, 2.75) is 25.7 Å². The minimum atomic E-state index is 0.491. The van der Waals surface area contributed by atoms with Gasteiger partial charge in [-0.3, -0.25) is 0 Å². The Balaban J connectivity index is 1.93. The first-order valence-corrected chi connectivity index (χ1v) is 6.86. The van der Waals surface area contributed by atoms with Crippen molar-refractivity contribution in [2.75, 3.05) is 7.11 Å². The molecule has 0 aliphatic heterocycles. The maximum absolute atomic E-state index is 8.80. The maximum Gasteiger partial charge on any atom is 0.118 e. The largest absolute Gasteiger partial charge is 0.497 e. The Kier molecular flexibility index (Phi) is 4.79. The van der Waals surface area contributed by atoms with Gasteiger partial charge in [0.15, 0.2) is 0 Å². The molecule has 2 aromatic carbocycles. The molecule has 0 fully saturated rings. The van der Waals surface area contributed by atoms with Crippen LogP contribution in [0.3, 0.4) is 0 Å². The number of hydrogen-bond donors (Lipinski definition) is 0. The van der Waals surface area contributed by atoms with Gasteiger partial charge in [-0.05, 0) is 54.2 Å². The van der Waals surface area contributed by atoms with Crippen LogP contribution in [0, 0.1) is 11.3 Å². The van der Waals surface area contributed by atoms with Crippen LogP contribution in [0.4, 0.5) is 0 Å². The third kappa shape index (κ3) is 3.61. The molecule has 0 aliphatic rings. The summed E-state index contributed by atoms with van der Waals surface area (Å²) < 4.78 is 5.16. The first kappa shape index (κ1) is 14.1. The summed E-state index contributed by atoms with van der Waals surface area (Å²) in [4.78, 5) is 0. The summed E-state index contributed by atoms with van der Waals surface area (Å²) in [7, 11) is 1.68. The van der Waals surface area contributed by atoms with Crippen LogP contribution in [0.15, 0.2) is 48.5 Å². The van der Waals surface area contributed by atoms with Gasteiger partial charge in [0.2, 0.25) is 0 Å². The Labute approximate surface area is 120 Å². The number of benzene rings is 2. The van der Waals surface area contributed by atoms with Gasteiger partial charge in [-0.25, -0.2) is 0 Å². The Morgan fingerprint density at radius 1 is 1.05 bits per heavy atom. The van der Waals surface area contributed by atoms with E-state index in [4.69, 9.17) is 10.00 Å². The van der Waals surface area contributed by atoms with Crippen LogP contribution in [0.2, 0.25) is 0 Å². The summed E-state index contributed by atoms with van der Waals surface area (Å²) >= 11 is 0. The van der Waals surface area contributed by atoms with Crippen molar-refractivity contribution in [3.63, 3.8) is 0 Å². The number of ether oxygens (including phenoxy) is 1. The van der Waals surface area contributed by atoms with Crippen LogP contribution in [-0.4, -0.2) is 7.11 Å². The van der Waals surface area contributed by atoms with Crippen molar-refractivity contribution in [2.24, 2.45) is 0 Å². The van der Waals surface area contributed by atoms with Gasteiger partial charge < -0.3 is 4.74 Å². The van der Waals surface area contributed by atoms with Gasteiger partial charge in [0, 0.05) is 0 Å². The highest BCUT2D eigenvalue weighted by Gasteiger charge is 2.06. The van der Waals surface area contributed by atoms with Crippen molar-refractivity contribution in [3.05, 3.63) is 65.2 Å². The summed E-state index contributed by atoms with van der Waals surface area (Å²) in [5, 5.41) is 8.80. The van der Waals surface area contributed by atoms with Crippen molar-refractivity contribution in [3.8, 4) is 11.8 Å². The van der Waals surface area contributed by atoms with Gasteiger partial charge in [0.25, 0.3) is 0 Å². The summed E-state index contributed by atoms with van der Waals surface area (Å²) in [6, 6.07) is 18.3. The topological polar surface area (TPSA) is 33.0 Å². The molecule has 0 amide bonds. The molecule has 0 N–H and O–H groups in total. The molecule has 0 saturated heterocycles. The summed E-state index contributed by atoms with van der Waals surface area (Å²) in [6.45, 7) is 2.23. The maximum atomic E-state index is 8.80. The zero-order valence-electron chi connectivity index (χ0n) is 12.0. The van der Waals surface area contributed by atoms with Gasteiger partial charge in [0.1, 0.15) is 5.75 Å². The number of nitrogens with zero attached hydrogens (tertiary/aromatic N) is 1. The molecule has 0 spiro atoms. The minimum Gasteiger partial charge on any atom is -0.497 e. The van der Waals surface area contributed by atoms with Crippen molar-refractivity contribution >= 4 is 0 Å². The second kappa shape index (κ2) is 6.77. The molecule has 20 heavy (non-hydrogen) atoms. The minimum absolute atomic E-state index is 0.491. The van der Waals surface area contributed by atoms with Gasteiger partial charge in [-0.1, -0.05) is 31.2 Å². The third-order valence-electron chi connectivity index (χ3n) is 3.63. The zero-order chi connectivity index (χ0) is 14.4. The highest BCUT2D eigenvalue weighted by molar-refractivity contribution is 5.33. The number of nitriles is 1. The molecule has 0 bridgehead atoms. The molecule has 2 nitrogen and oxygen atoms in total. The van der Waals surface area contributed by atoms with E-state index in [2.05, 4.69) is 37.3 Å². The van der Waals surface area contributed by atoms with Crippen LogP contribution in [-0.2, 0) is 6.42 Å². The fourth-order valence-electron chi connectivity index (χ4n) is 2.23. The van der Waals surface area contributed by atoms with E-state index in [9.17, 15) is 0 Å². The predicted molar refractivity (Wildman–Crippen MR) is 80.9 cm³/mol. The quantitative estimate of drug-likeness (QED) is 0.807. The number of aryl methyl sites for hydroxylation is 1. The Bertz CT molecular complexity index is 578. The van der Waals surface area contributed by atoms with Crippen molar-refractivity contribution < 1.29 is 4.74 Å². The Morgan fingerprint density at radius 3 is 2.25 bits per heavy atom. The van der Waals surface area contributed by atoms with Crippen LogP contribution in [0.1, 0.15) is 36.0 Å². The lowest BCUT2D eigenvalue weighted by Crippen LogP contribution is -1.96. The molecular formula is C18H19NO. The van der Waals surface area contributed by atoms with E-state index in [0.29, 0.717) is 5.92 Å².